The highest BCUT2D eigenvalue weighted by atomic mass is 16.3. The average molecular weight is 319 g/mol. The normalized spacial score (nSPS) is 19.2. The molecule has 0 bridgehead atoms. The number of nitrogens with one attached hydrogen (secondary N) is 1. The molecule has 0 aromatic carbocycles. The van der Waals surface area contributed by atoms with Crippen LogP contribution in [0.5, 0.6) is 0 Å². The monoisotopic (exact) mass is 319 g/mol. The van der Waals surface area contributed by atoms with Crippen molar-refractivity contribution in [1.82, 2.24) is 15.1 Å². The van der Waals surface area contributed by atoms with Crippen LogP contribution in [-0.4, -0.2) is 54.0 Å². The molecule has 126 valence electrons. The van der Waals surface area contributed by atoms with Crippen molar-refractivity contribution in [2.75, 3.05) is 26.2 Å². The van der Waals surface area contributed by atoms with E-state index in [1.807, 2.05) is 16.7 Å². The lowest BCUT2D eigenvalue weighted by molar-refractivity contribution is 0.0911. The van der Waals surface area contributed by atoms with E-state index >= 15 is 0 Å². The number of hydrogen-bond donors (Lipinski definition) is 1. The Bertz CT molecular complexity index is 582. The first-order valence-corrected chi connectivity index (χ1v) is 8.46. The number of rotatable bonds is 2. The molecule has 6 nitrogen and oxygen atoms in total. The van der Waals surface area contributed by atoms with Gasteiger partial charge in [-0.3, -0.25) is 4.79 Å². The van der Waals surface area contributed by atoms with Crippen molar-refractivity contribution in [2.45, 2.75) is 45.6 Å². The third-order valence-corrected chi connectivity index (χ3v) is 4.76. The molecule has 2 aliphatic heterocycles. The van der Waals surface area contributed by atoms with Crippen molar-refractivity contribution in [3.63, 3.8) is 0 Å². The smallest absolute Gasteiger partial charge is 0.319 e. The third-order valence-electron chi connectivity index (χ3n) is 4.76. The number of furan rings is 1. The highest BCUT2D eigenvalue weighted by Gasteiger charge is 2.28. The fraction of sp³-hybridized carbons (Fsp3) is 0.647. The second kappa shape index (κ2) is 6.64. The van der Waals surface area contributed by atoms with E-state index in [1.54, 1.807) is 13.0 Å². The lowest BCUT2D eigenvalue weighted by Crippen LogP contribution is -2.50. The summed E-state index contributed by atoms with van der Waals surface area (Å²) >= 11 is 0. The number of hydrogen-bond acceptors (Lipinski definition) is 3. The molecule has 2 fully saturated rings. The van der Waals surface area contributed by atoms with E-state index in [9.17, 15) is 9.59 Å². The molecule has 1 aromatic rings. The number of urea groups is 1. The summed E-state index contributed by atoms with van der Waals surface area (Å²) < 4.78 is 5.41. The molecule has 0 unspecified atom stereocenters. The largest absolute Gasteiger partial charge is 0.466 e. The maximum Gasteiger partial charge on any atom is 0.319 e. The van der Waals surface area contributed by atoms with Gasteiger partial charge in [-0.05, 0) is 45.6 Å². The van der Waals surface area contributed by atoms with Gasteiger partial charge < -0.3 is 19.5 Å². The number of nitrogens with zero attached hydrogens (tertiary/aromatic N) is 2. The minimum Gasteiger partial charge on any atom is -0.466 e. The number of likely N-dealkylation sites (tertiary alicyclic amines) is 2. The van der Waals surface area contributed by atoms with Crippen LogP contribution in [0, 0.1) is 13.8 Å². The summed E-state index contributed by atoms with van der Waals surface area (Å²) in [6.07, 6.45) is 3.84. The molecule has 0 aliphatic carbocycles. The molecule has 3 rings (SSSR count). The molecular formula is C17H25N3O3. The van der Waals surface area contributed by atoms with Gasteiger partial charge in [0.15, 0.2) is 0 Å². The molecule has 6 heteroatoms. The summed E-state index contributed by atoms with van der Waals surface area (Å²) in [4.78, 5) is 28.5. The second-order valence-electron chi connectivity index (χ2n) is 6.54. The molecule has 3 amide bonds. The van der Waals surface area contributed by atoms with Crippen LogP contribution in [-0.2, 0) is 0 Å². The SMILES string of the molecule is Cc1cc(C(=O)NC2CCN(C(=O)N3CCCC3)CC2)c(C)o1. The maximum absolute atomic E-state index is 12.4. The van der Waals surface area contributed by atoms with E-state index in [0.29, 0.717) is 24.4 Å². The Morgan fingerprint density at radius 1 is 1.09 bits per heavy atom. The van der Waals surface area contributed by atoms with E-state index in [2.05, 4.69) is 5.32 Å². The van der Waals surface area contributed by atoms with Gasteiger partial charge in [-0.1, -0.05) is 0 Å². The van der Waals surface area contributed by atoms with Crippen LogP contribution >= 0.6 is 0 Å². The molecule has 1 aromatic heterocycles. The number of aryl methyl sites for hydroxylation is 2. The molecule has 0 radical (unpaired) electrons. The van der Waals surface area contributed by atoms with Gasteiger partial charge in [-0.15, -0.1) is 0 Å². The summed E-state index contributed by atoms with van der Waals surface area (Å²) in [7, 11) is 0. The van der Waals surface area contributed by atoms with Crippen LogP contribution in [0.1, 0.15) is 47.6 Å². The summed E-state index contributed by atoms with van der Waals surface area (Å²) in [6.45, 7) is 6.84. The number of piperidine rings is 1. The zero-order chi connectivity index (χ0) is 16.4. The zero-order valence-electron chi connectivity index (χ0n) is 13.9. The van der Waals surface area contributed by atoms with E-state index in [1.165, 1.54) is 0 Å². The van der Waals surface area contributed by atoms with Crippen molar-refractivity contribution in [2.24, 2.45) is 0 Å². The first-order valence-electron chi connectivity index (χ1n) is 8.46. The van der Waals surface area contributed by atoms with E-state index in [-0.39, 0.29) is 18.0 Å². The third kappa shape index (κ3) is 3.51. The van der Waals surface area contributed by atoms with Crippen LogP contribution in [0.25, 0.3) is 0 Å². The summed E-state index contributed by atoms with van der Waals surface area (Å²) in [6, 6.07) is 2.06. The van der Waals surface area contributed by atoms with Gasteiger partial charge >= 0.3 is 6.03 Å². The predicted octanol–water partition coefficient (Wildman–Crippen LogP) is 2.31. The summed E-state index contributed by atoms with van der Waals surface area (Å²) in [5.41, 5.74) is 0.609. The van der Waals surface area contributed by atoms with Gasteiger partial charge in [0, 0.05) is 32.2 Å². The molecular weight excluding hydrogens is 294 g/mol. The lowest BCUT2D eigenvalue weighted by Gasteiger charge is -2.34. The van der Waals surface area contributed by atoms with Gasteiger partial charge in [0.1, 0.15) is 11.5 Å². The quantitative estimate of drug-likeness (QED) is 0.909. The van der Waals surface area contributed by atoms with Gasteiger partial charge in [0.2, 0.25) is 0 Å². The van der Waals surface area contributed by atoms with Crippen molar-refractivity contribution < 1.29 is 14.0 Å². The van der Waals surface area contributed by atoms with Gasteiger partial charge in [0.05, 0.1) is 5.56 Å². The number of amides is 3. The summed E-state index contributed by atoms with van der Waals surface area (Å²) in [5.74, 6) is 1.32. The minimum atomic E-state index is -0.0799. The van der Waals surface area contributed by atoms with E-state index in [0.717, 1.165) is 44.5 Å². The Hall–Kier alpha value is -1.98. The highest BCUT2D eigenvalue weighted by molar-refractivity contribution is 5.95. The van der Waals surface area contributed by atoms with E-state index in [4.69, 9.17) is 4.42 Å². The maximum atomic E-state index is 12.4. The van der Waals surface area contributed by atoms with Crippen molar-refractivity contribution in [3.05, 3.63) is 23.2 Å². The molecule has 2 aliphatic rings. The lowest BCUT2D eigenvalue weighted by atomic mass is 10.0. The predicted molar refractivity (Wildman–Crippen MR) is 86.4 cm³/mol. The van der Waals surface area contributed by atoms with Crippen LogP contribution in [0.3, 0.4) is 0 Å². The van der Waals surface area contributed by atoms with Gasteiger partial charge in [0.25, 0.3) is 5.91 Å². The zero-order valence-corrected chi connectivity index (χ0v) is 13.9. The fourth-order valence-corrected chi connectivity index (χ4v) is 3.44. The Kier molecular flexibility index (Phi) is 4.59. The fourth-order valence-electron chi connectivity index (χ4n) is 3.44. The Morgan fingerprint density at radius 2 is 1.70 bits per heavy atom. The van der Waals surface area contributed by atoms with Crippen LogP contribution < -0.4 is 5.32 Å². The van der Waals surface area contributed by atoms with Crippen molar-refractivity contribution >= 4 is 11.9 Å². The molecule has 0 saturated carbocycles. The standard InChI is InChI=1S/C17H25N3O3/c1-12-11-15(13(2)23-12)16(21)18-14-5-9-20(10-6-14)17(22)19-7-3-4-8-19/h11,14H,3-10H2,1-2H3,(H,18,21). The Morgan fingerprint density at radius 3 is 2.26 bits per heavy atom. The number of carbonyl (C=O) groups excluding carboxylic acids is 2. The van der Waals surface area contributed by atoms with Crippen LogP contribution in [0.15, 0.2) is 10.5 Å². The van der Waals surface area contributed by atoms with Crippen LogP contribution in [0.4, 0.5) is 4.79 Å². The topological polar surface area (TPSA) is 65.8 Å². The van der Waals surface area contributed by atoms with E-state index < -0.39 is 0 Å². The van der Waals surface area contributed by atoms with Gasteiger partial charge in [-0.25, -0.2) is 4.79 Å². The molecule has 2 saturated heterocycles. The summed E-state index contributed by atoms with van der Waals surface area (Å²) in [5, 5.41) is 3.07. The van der Waals surface area contributed by atoms with Crippen molar-refractivity contribution in [1.29, 1.82) is 0 Å². The Balaban J connectivity index is 1.50. The van der Waals surface area contributed by atoms with Crippen molar-refractivity contribution in [3.8, 4) is 0 Å². The van der Waals surface area contributed by atoms with Crippen LogP contribution in [0.2, 0.25) is 0 Å². The molecule has 0 atom stereocenters. The average Bonchev–Trinajstić information content (AvgIpc) is 3.17. The Labute approximate surface area is 136 Å². The second-order valence-corrected chi connectivity index (χ2v) is 6.54. The minimum absolute atomic E-state index is 0.0799. The molecule has 3 heterocycles. The first kappa shape index (κ1) is 15.9. The first-order chi connectivity index (χ1) is 11.0. The molecule has 23 heavy (non-hydrogen) atoms. The molecule has 1 N–H and O–H groups in total. The highest BCUT2D eigenvalue weighted by Crippen LogP contribution is 2.18. The molecule has 0 spiro atoms. The van der Waals surface area contributed by atoms with Gasteiger partial charge in [-0.2, -0.15) is 0 Å². The number of carbonyl (C=O) groups is 2.